The first kappa shape index (κ1) is 15.4. The highest BCUT2D eigenvalue weighted by Gasteiger charge is 2.32. The monoisotopic (exact) mass is 335 g/mol. The van der Waals surface area contributed by atoms with Crippen LogP contribution < -0.4 is 5.56 Å². The third-order valence-electron chi connectivity index (χ3n) is 4.47. The van der Waals surface area contributed by atoms with Crippen LogP contribution in [-0.2, 0) is 0 Å². The lowest BCUT2D eigenvalue weighted by Gasteiger charge is -2.24. The zero-order chi connectivity index (χ0) is 17.2. The van der Waals surface area contributed by atoms with Crippen LogP contribution in [0.3, 0.4) is 0 Å². The number of furan rings is 1. The van der Waals surface area contributed by atoms with Gasteiger partial charge in [-0.15, -0.1) is 0 Å². The van der Waals surface area contributed by atoms with Gasteiger partial charge in [0.15, 0.2) is 0 Å². The fourth-order valence-corrected chi connectivity index (χ4v) is 3.26. The molecule has 1 atom stereocenters. The number of nitrogens with one attached hydrogen (secondary N) is 1. The number of hydrogen-bond donors (Lipinski definition) is 1. The second-order valence-electron chi connectivity index (χ2n) is 6.00. The summed E-state index contributed by atoms with van der Waals surface area (Å²) in [5.74, 6) is 0.295. The molecule has 126 valence electrons. The highest BCUT2D eigenvalue weighted by molar-refractivity contribution is 5.94. The van der Waals surface area contributed by atoms with Crippen molar-refractivity contribution in [2.24, 2.45) is 0 Å². The van der Waals surface area contributed by atoms with E-state index in [-0.39, 0.29) is 17.5 Å². The van der Waals surface area contributed by atoms with Crippen molar-refractivity contribution >= 4 is 5.91 Å². The molecule has 0 spiro atoms. The Bertz CT molecular complexity index is 932. The summed E-state index contributed by atoms with van der Waals surface area (Å²) in [5.41, 5.74) is 1.13. The summed E-state index contributed by atoms with van der Waals surface area (Å²) in [7, 11) is 0. The Morgan fingerprint density at radius 1 is 1.20 bits per heavy atom. The number of amides is 1. The number of carbonyl (C=O) groups is 1. The zero-order valence-electron chi connectivity index (χ0n) is 13.5. The maximum absolute atomic E-state index is 12.9. The minimum absolute atomic E-state index is 0.0853. The molecular formula is C19H17N3O3. The zero-order valence-corrected chi connectivity index (χ0v) is 13.5. The molecule has 1 amide bonds. The van der Waals surface area contributed by atoms with Crippen molar-refractivity contribution < 1.29 is 9.21 Å². The van der Waals surface area contributed by atoms with Gasteiger partial charge in [-0.05, 0) is 49.2 Å². The molecule has 4 rings (SSSR count). The molecule has 3 aromatic heterocycles. The minimum atomic E-state index is -0.412. The molecule has 6 heteroatoms. The van der Waals surface area contributed by atoms with Gasteiger partial charge in [-0.3, -0.25) is 14.6 Å². The largest absolute Gasteiger partial charge is 0.463 e. The molecule has 1 aliphatic rings. The van der Waals surface area contributed by atoms with Crippen LogP contribution in [0, 0.1) is 0 Å². The maximum Gasteiger partial charge on any atom is 0.261 e. The molecule has 4 heterocycles. The smallest absolute Gasteiger partial charge is 0.261 e. The topological polar surface area (TPSA) is 79.2 Å². The van der Waals surface area contributed by atoms with Gasteiger partial charge in [0.1, 0.15) is 11.3 Å². The molecule has 1 N–H and O–H groups in total. The lowest BCUT2D eigenvalue weighted by atomic mass is 10.1. The molecule has 1 saturated heterocycles. The number of rotatable bonds is 3. The average molecular weight is 335 g/mol. The molecule has 0 saturated carbocycles. The van der Waals surface area contributed by atoms with E-state index in [0.29, 0.717) is 18.0 Å². The van der Waals surface area contributed by atoms with Crippen molar-refractivity contribution in [1.82, 2.24) is 14.9 Å². The van der Waals surface area contributed by atoms with E-state index < -0.39 is 5.56 Å². The summed E-state index contributed by atoms with van der Waals surface area (Å²) in [4.78, 5) is 34.1. The van der Waals surface area contributed by atoms with Crippen molar-refractivity contribution in [3.63, 3.8) is 0 Å². The molecule has 0 radical (unpaired) electrons. The molecule has 0 bridgehead atoms. The molecule has 1 aliphatic heterocycles. The van der Waals surface area contributed by atoms with Gasteiger partial charge >= 0.3 is 0 Å². The van der Waals surface area contributed by atoms with E-state index in [4.69, 9.17) is 4.42 Å². The van der Waals surface area contributed by atoms with Crippen molar-refractivity contribution in [3.8, 4) is 11.5 Å². The molecule has 1 fully saturated rings. The number of H-pyrrole nitrogens is 1. The fraction of sp³-hybridized carbons (Fsp3) is 0.211. The van der Waals surface area contributed by atoms with Crippen LogP contribution in [-0.4, -0.2) is 27.3 Å². The van der Waals surface area contributed by atoms with Crippen LogP contribution in [0.25, 0.3) is 11.5 Å². The average Bonchev–Trinajstić information content (AvgIpc) is 3.33. The number of pyridine rings is 2. The van der Waals surface area contributed by atoms with E-state index >= 15 is 0 Å². The van der Waals surface area contributed by atoms with Gasteiger partial charge in [-0.25, -0.2) is 0 Å². The van der Waals surface area contributed by atoms with Crippen LogP contribution in [0.4, 0.5) is 0 Å². The van der Waals surface area contributed by atoms with Crippen molar-refractivity contribution in [3.05, 3.63) is 76.5 Å². The summed E-state index contributed by atoms with van der Waals surface area (Å²) in [6, 6.07) is 12.3. The Kier molecular flexibility index (Phi) is 3.93. The quantitative estimate of drug-likeness (QED) is 0.798. The van der Waals surface area contributed by atoms with Crippen LogP contribution in [0.1, 0.15) is 34.9 Å². The van der Waals surface area contributed by atoms with E-state index in [9.17, 15) is 9.59 Å². The van der Waals surface area contributed by atoms with Gasteiger partial charge < -0.3 is 14.3 Å². The molecule has 0 aromatic carbocycles. The maximum atomic E-state index is 12.9. The third kappa shape index (κ3) is 2.87. The summed E-state index contributed by atoms with van der Waals surface area (Å²) in [5, 5.41) is 0. The van der Waals surface area contributed by atoms with Crippen LogP contribution in [0.15, 0.2) is 64.1 Å². The number of carbonyl (C=O) groups excluding carboxylic acids is 1. The standard InChI is InChI=1S/C19H17N3O3/c23-18-13(8-9-15(21-18)17-7-4-12-25-17)19(24)22-11-3-6-16(22)14-5-1-2-10-20-14/h1-2,4-5,7-10,12,16H,3,6,11H2,(H,21,23). The fourth-order valence-electron chi connectivity index (χ4n) is 3.26. The lowest BCUT2D eigenvalue weighted by molar-refractivity contribution is 0.0731. The first-order valence-electron chi connectivity index (χ1n) is 8.23. The number of aromatic amines is 1. The van der Waals surface area contributed by atoms with Gasteiger partial charge in [0.25, 0.3) is 11.5 Å². The molecule has 1 unspecified atom stereocenters. The summed E-state index contributed by atoms with van der Waals surface area (Å²) in [6.07, 6.45) is 5.01. The van der Waals surface area contributed by atoms with Crippen molar-refractivity contribution in [2.45, 2.75) is 18.9 Å². The minimum Gasteiger partial charge on any atom is -0.463 e. The van der Waals surface area contributed by atoms with Crippen LogP contribution in [0.5, 0.6) is 0 Å². The van der Waals surface area contributed by atoms with Crippen LogP contribution in [0.2, 0.25) is 0 Å². The van der Waals surface area contributed by atoms with Gasteiger partial charge in [-0.2, -0.15) is 0 Å². The predicted molar refractivity (Wildman–Crippen MR) is 92.0 cm³/mol. The Morgan fingerprint density at radius 2 is 2.12 bits per heavy atom. The number of hydrogen-bond acceptors (Lipinski definition) is 4. The van der Waals surface area contributed by atoms with Crippen molar-refractivity contribution in [1.29, 1.82) is 0 Å². The SMILES string of the molecule is O=C(c1ccc(-c2ccco2)[nH]c1=O)N1CCCC1c1ccccn1. The Hall–Kier alpha value is -3.15. The van der Waals surface area contributed by atoms with Gasteiger partial charge in [0.05, 0.1) is 23.7 Å². The first-order valence-corrected chi connectivity index (χ1v) is 8.23. The van der Waals surface area contributed by atoms with Crippen LogP contribution >= 0.6 is 0 Å². The predicted octanol–water partition coefficient (Wildman–Crippen LogP) is 3.01. The molecule has 25 heavy (non-hydrogen) atoms. The number of likely N-dealkylation sites (tertiary alicyclic amines) is 1. The van der Waals surface area contributed by atoms with E-state index in [0.717, 1.165) is 18.5 Å². The van der Waals surface area contributed by atoms with Gasteiger partial charge in [-0.1, -0.05) is 6.07 Å². The summed E-state index contributed by atoms with van der Waals surface area (Å²) >= 11 is 0. The number of aromatic nitrogens is 2. The van der Waals surface area contributed by atoms with Crippen molar-refractivity contribution in [2.75, 3.05) is 6.54 Å². The highest BCUT2D eigenvalue weighted by atomic mass is 16.3. The summed E-state index contributed by atoms with van der Waals surface area (Å²) in [6.45, 7) is 0.624. The normalized spacial score (nSPS) is 17.0. The molecular weight excluding hydrogens is 318 g/mol. The lowest BCUT2D eigenvalue weighted by Crippen LogP contribution is -2.34. The number of nitrogens with zero attached hydrogens (tertiary/aromatic N) is 2. The first-order chi connectivity index (χ1) is 12.2. The highest BCUT2D eigenvalue weighted by Crippen LogP contribution is 2.31. The van der Waals surface area contributed by atoms with E-state index in [1.165, 1.54) is 6.26 Å². The van der Waals surface area contributed by atoms with E-state index in [1.807, 2.05) is 18.2 Å². The second-order valence-corrected chi connectivity index (χ2v) is 6.00. The van der Waals surface area contributed by atoms with E-state index in [2.05, 4.69) is 9.97 Å². The summed E-state index contributed by atoms with van der Waals surface area (Å²) < 4.78 is 5.28. The van der Waals surface area contributed by atoms with Gasteiger partial charge in [0.2, 0.25) is 0 Å². The molecule has 3 aromatic rings. The molecule has 0 aliphatic carbocycles. The van der Waals surface area contributed by atoms with Gasteiger partial charge in [0, 0.05) is 12.7 Å². The third-order valence-corrected chi connectivity index (χ3v) is 4.47. The Morgan fingerprint density at radius 3 is 2.84 bits per heavy atom. The Labute approximate surface area is 144 Å². The van der Waals surface area contributed by atoms with E-state index in [1.54, 1.807) is 35.4 Å². The second kappa shape index (κ2) is 6.39. The Balaban J connectivity index is 1.63. The molecule has 6 nitrogen and oxygen atoms in total.